The summed E-state index contributed by atoms with van der Waals surface area (Å²) in [4.78, 5) is 0. The maximum atomic E-state index is 13.4. The maximum Gasteiger partial charge on any atom is 0.214 e. The Kier molecular flexibility index (Phi) is 3.79. The third kappa shape index (κ3) is 3.04. The van der Waals surface area contributed by atoms with Gasteiger partial charge in [-0.05, 0) is 30.9 Å². The minimum Gasteiger partial charge on any atom is -0.212 e. The molecule has 94 valence electrons. The van der Waals surface area contributed by atoms with Crippen molar-refractivity contribution in [3.8, 4) is 0 Å². The highest BCUT2D eigenvalue weighted by atomic mass is 32.2. The first-order valence-corrected chi connectivity index (χ1v) is 7.42. The molecule has 1 saturated heterocycles. The number of halogens is 1. The van der Waals surface area contributed by atoms with Gasteiger partial charge in [0, 0.05) is 13.1 Å². The fourth-order valence-electron chi connectivity index (χ4n) is 2.04. The van der Waals surface area contributed by atoms with Crippen molar-refractivity contribution in [3.63, 3.8) is 0 Å². The molecule has 17 heavy (non-hydrogen) atoms. The molecule has 0 saturated carbocycles. The highest BCUT2D eigenvalue weighted by molar-refractivity contribution is 7.89. The van der Waals surface area contributed by atoms with Crippen molar-refractivity contribution in [2.24, 2.45) is 0 Å². The van der Waals surface area contributed by atoms with E-state index in [1.807, 2.05) is 0 Å². The topological polar surface area (TPSA) is 37.4 Å². The van der Waals surface area contributed by atoms with Gasteiger partial charge in [0.15, 0.2) is 0 Å². The molecule has 1 aromatic rings. The SMILES string of the molecule is O=S1(=O)CCCCN1CCc1ccccc1F. The summed E-state index contributed by atoms with van der Waals surface area (Å²) in [7, 11) is -3.10. The van der Waals surface area contributed by atoms with E-state index in [0.29, 0.717) is 25.1 Å². The van der Waals surface area contributed by atoms with Crippen LogP contribution in [-0.4, -0.2) is 31.6 Å². The lowest BCUT2D eigenvalue weighted by Crippen LogP contribution is -2.39. The standard InChI is InChI=1S/C12H16FNO2S/c13-12-6-2-1-5-11(12)7-9-14-8-3-4-10-17(14,15)16/h1-2,5-6H,3-4,7-10H2. The lowest BCUT2D eigenvalue weighted by atomic mass is 10.1. The van der Waals surface area contributed by atoms with Gasteiger partial charge in [-0.1, -0.05) is 18.2 Å². The van der Waals surface area contributed by atoms with Gasteiger partial charge in [0.05, 0.1) is 5.75 Å². The summed E-state index contributed by atoms with van der Waals surface area (Å²) >= 11 is 0. The molecule has 1 heterocycles. The van der Waals surface area contributed by atoms with Crippen LogP contribution in [0.15, 0.2) is 24.3 Å². The van der Waals surface area contributed by atoms with E-state index in [0.717, 1.165) is 12.8 Å². The van der Waals surface area contributed by atoms with Gasteiger partial charge in [0.25, 0.3) is 0 Å². The molecule has 0 unspecified atom stereocenters. The van der Waals surface area contributed by atoms with Crippen molar-refractivity contribution in [3.05, 3.63) is 35.6 Å². The van der Waals surface area contributed by atoms with Gasteiger partial charge in [-0.2, -0.15) is 0 Å². The largest absolute Gasteiger partial charge is 0.214 e. The zero-order valence-electron chi connectivity index (χ0n) is 9.60. The van der Waals surface area contributed by atoms with Gasteiger partial charge in [-0.15, -0.1) is 0 Å². The third-order valence-electron chi connectivity index (χ3n) is 3.04. The zero-order valence-corrected chi connectivity index (χ0v) is 10.4. The average molecular weight is 257 g/mol. The molecule has 5 heteroatoms. The Morgan fingerprint density at radius 2 is 2.00 bits per heavy atom. The van der Waals surface area contributed by atoms with Gasteiger partial charge in [0.1, 0.15) is 5.82 Å². The van der Waals surface area contributed by atoms with Crippen LogP contribution in [0.5, 0.6) is 0 Å². The van der Waals surface area contributed by atoms with Gasteiger partial charge in [-0.25, -0.2) is 17.1 Å². The molecule has 3 nitrogen and oxygen atoms in total. The molecule has 1 aliphatic rings. The monoisotopic (exact) mass is 257 g/mol. The van der Waals surface area contributed by atoms with E-state index in [1.165, 1.54) is 10.4 Å². The molecule has 1 fully saturated rings. The predicted octanol–water partition coefficient (Wildman–Crippen LogP) is 1.79. The second-order valence-electron chi connectivity index (χ2n) is 4.26. The van der Waals surface area contributed by atoms with Gasteiger partial charge in [0.2, 0.25) is 10.0 Å². The summed E-state index contributed by atoms with van der Waals surface area (Å²) in [5.41, 5.74) is 0.577. The minimum absolute atomic E-state index is 0.226. The van der Waals surface area contributed by atoms with Crippen molar-refractivity contribution < 1.29 is 12.8 Å². The van der Waals surface area contributed by atoms with Crippen LogP contribution in [0.25, 0.3) is 0 Å². The Balaban J connectivity index is 2.01. The van der Waals surface area contributed by atoms with Crippen LogP contribution < -0.4 is 0 Å². The summed E-state index contributed by atoms with van der Waals surface area (Å²) in [5.74, 6) is -0.0357. The molecule has 0 amide bonds. The molecular weight excluding hydrogens is 241 g/mol. The molecule has 1 aromatic carbocycles. The smallest absolute Gasteiger partial charge is 0.212 e. The number of nitrogens with zero attached hydrogens (tertiary/aromatic N) is 1. The second kappa shape index (κ2) is 5.14. The van der Waals surface area contributed by atoms with E-state index in [-0.39, 0.29) is 11.6 Å². The number of benzene rings is 1. The van der Waals surface area contributed by atoms with Crippen molar-refractivity contribution in [1.29, 1.82) is 0 Å². The molecule has 0 atom stereocenters. The first kappa shape index (κ1) is 12.5. The van der Waals surface area contributed by atoms with E-state index in [9.17, 15) is 12.8 Å². The van der Waals surface area contributed by atoms with Crippen LogP contribution in [0.2, 0.25) is 0 Å². The fraction of sp³-hybridized carbons (Fsp3) is 0.500. The van der Waals surface area contributed by atoms with Crippen molar-refractivity contribution in [1.82, 2.24) is 4.31 Å². The maximum absolute atomic E-state index is 13.4. The molecule has 2 rings (SSSR count). The Labute approximate surface area is 101 Å². The Bertz CT molecular complexity index is 487. The summed E-state index contributed by atoms with van der Waals surface area (Å²) in [6.07, 6.45) is 2.07. The van der Waals surface area contributed by atoms with Gasteiger partial charge < -0.3 is 0 Å². The van der Waals surface area contributed by atoms with Crippen molar-refractivity contribution in [2.45, 2.75) is 19.3 Å². The first-order chi connectivity index (χ1) is 8.09. The Morgan fingerprint density at radius 1 is 1.24 bits per heavy atom. The van der Waals surface area contributed by atoms with Crippen molar-refractivity contribution in [2.75, 3.05) is 18.8 Å². The molecule has 0 aromatic heterocycles. The number of hydrogen-bond acceptors (Lipinski definition) is 2. The number of hydrogen-bond donors (Lipinski definition) is 0. The van der Waals surface area contributed by atoms with E-state index >= 15 is 0 Å². The van der Waals surface area contributed by atoms with E-state index in [1.54, 1.807) is 18.2 Å². The molecule has 1 aliphatic heterocycles. The van der Waals surface area contributed by atoms with Crippen LogP contribution in [0, 0.1) is 5.82 Å². The summed E-state index contributed by atoms with van der Waals surface area (Å²) in [6.45, 7) is 0.944. The first-order valence-electron chi connectivity index (χ1n) is 5.81. The van der Waals surface area contributed by atoms with Gasteiger partial charge >= 0.3 is 0 Å². The van der Waals surface area contributed by atoms with Crippen LogP contribution in [0.1, 0.15) is 18.4 Å². The molecule has 0 bridgehead atoms. The molecule has 0 N–H and O–H groups in total. The molecule has 0 radical (unpaired) electrons. The molecule has 0 aliphatic carbocycles. The van der Waals surface area contributed by atoms with Crippen LogP contribution in [-0.2, 0) is 16.4 Å². The van der Waals surface area contributed by atoms with E-state index in [2.05, 4.69) is 0 Å². The summed E-state index contributed by atoms with van der Waals surface area (Å²) < 4.78 is 38.3. The zero-order chi connectivity index (χ0) is 12.3. The number of sulfonamides is 1. The second-order valence-corrected chi connectivity index (χ2v) is 6.35. The number of rotatable bonds is 3. The van der Waals surface area contributed by atoms with Crippen LogP contribution in [0.3, 0.4) is 0 Å². The van der Waals surface area contributed by atoms with Crippen LogP contribution in [0.4, 0.5) is 4.39 Å². The normalized spacial score (nSPS) is 20.3. The Morgan fingerprint density at radius 3 is 2.71 bits per heavy atom. The quantitative estimate of drug-likeness (QED) is 0.828. The van der Waals surface area contributed by atoms with Crippen molar-refractivity contribution >= 4 is 10.0 Å². The lowest BCUT2D eigenvalue weighted by Gasteiger charge is -2.26. The molecule has 0 spiro atoms. The minimum atomic E-state index is -3.10. The van der Waals surface area contributed by atoms with Crippen LogP contribution >= 0.6 is 0 Å². The summed E-state index contributed by atoms with van der Waals surface area (Å²) in [5, 5.41) is 0. The fourth-order valence-corrected chi connectivity index (χ4v) is 3.64. The Hall–Kier alpha value is -0.940. The highest BCUT2D eigenvalue weighted by Crippen LogP contribution is 2.15. The predicted molar refractivity (Wildman–Crippen MR) is 64.7 cm³/mol. The molecular formula is C12H16FNO2S. The summed E-state index contributed by atoms with van der Waals surface area (Å²) in [6, 6.07) is 6.51. The van der Waals surface area contributed by atoms with E-state index < -0.39 is 10.0 Å². The third-order valence-corrected chi connectivity index (χ3v) is 5.00. The average Bonchev–Trinajstić information content (AvgIpc) is 2.29. The van der Waals surface area contributed by atoms with E-state index in [4.69, 9.17) is 0 Å². The van der Waals surface area contributed by atoms with Gasteiger partial charge in [-0.3, -0.25) is 0 Å². The highest BCUT2D eigenvalue weighted by Gasteiger charge is 2.25. The lowest BCUT2D eigenvalue weighted by molar-refractivity contribution is 0.384.